The van der Waals surface area contributed by atoms with E-state index in [1.807, 2.05) is 0 Å². The van der Waals surface area contributed by atoms with Gasteiger partial charge in [-0.1, -0.05) is 0 Å². The first kappa shape index (κ1) is 22.9. The van der Waals surface area contributed by atoms with Gasteiger partial charge >= 0.3 is 10.4 Å². The molecule has 2 aromatic rings. The van der Waals surface area contributed by atoms with Crippen molar-refractivity contribution in [1.82, 2.24) is 0 Å². The molecule has 0 saturated heterocycles. The molecule has 12 nitrogen and oxygen atoms in total. The molecule has 0 heterocycles. The third-order valence-electron chi connectivity index (χ3n) is 3.50. The maximum atomic E-state index is 12.6. The van der Waals surface area contributed by atoms with Gasteiger partial charge in [-0.05, 0) is 36.4 Å². The van der Waals surface area contributed by atoms with Crippen LogP contribution in [-0.2, 0) is 34.5 Å². The van der Waals surface area contributed by atoms with E-state index in [0.717, 1.165) is 12.1 Å². The molecule has 0 aliphatic heterocycles. The predicted molar refractivity (Wildman–Crippen MR) is 104 cm³/mol. The Labute approximate surface area is 167 Å². The highest BCUT2D eigenvalue weighted by Gasteiger charge is 2.22. The van der Waals surface area contributed by atoms with E-state index in [2.05, 4.69) is 9.50 Å². The topological polar surface area (TPSA) is 216 Å². The van der Waals surface area contributed by atoms with Crippen LogP contribution < -0.4 is 16.8 Å². The van der Waals surface area contributed by atoms with Gasteiger partial charge in [0.15, 0.2) is 9.84 Å². The summed E-state index contributed by atoms with van der Waals surface area (Å²) in [4.78, 5) is -0.912. The number of nitrogens with two attached hydrogens (primary N) is 2. The number of anilines is 4. The Bertz CT molecular complexity index is 1240. The zero-order valence-corrected chi connectivity index (χ0v) is 17.0. The van der Waals surface area contributed by atoms with Crippen molar-refractivity contribution in [2.45, 2.75) is 9.79 Å². The van der Waals surface area contributed by atoms with E-state index in [4.69, 9.17) is 16.0 Å². The first-order chi connectivity index (χ1) is 13.2. The molecule has 7 N–H and O–H groups in total. The molecule has 2 rings (SSSR count). The van der Waals surface area contributed by atoms with Crippen molar-refractivity contribution in [2.24, 2.45) is 0 Å². The van der Waals surface area contributed by atoms with Gasteiger partial charge in [-0.15, -0.1) is 0 Å². The van der Waals surface area contributed by atoms with Crippen molar-refractivity contribution in [1.29, 1.82) is 0 Å². The molecule has 160 valence electrons. The Hall–Kier alpha value is -2.43. The van der Waals surface area contributed by atoms with Gasteiger partial charge in [-0.25, -0.2) is 12.6 Å². The Morgan fingerprint density at radius 3 is 2.14 bits per heavy atom. The average molecular weight is 468 g/mol. The fraction of sp³-hybridized carbons (Fsp3) is 0.143. The van der Waals surface area contributed by atoms with E-state index in [0.29, 0.717) is 0 Å². The number of sulfone groups is 1. The van der Waals surface area contributed by atoms with Gasteiger partial charge in [0, 0.05) is 11.4 Å². The van der Waals surface area contributed by atoms with Crippen molar-refractivity contribution < 1.29 is 38.5 Å². The smallest absolute Gasteiger partial charge is 0.397 e. The van der Waals surface area contributed by atoms with Gasteiger partial charge in [-0.3, -0.25) is 9.11 Å². The summed E-state index contributed by atoms with van der Waals surface area (Å²) in [7, 11) is -13.6. The molecule has 0 aliphatic carbocycles. The maximum absolute atomic E-state index is 12.6. The van der Waals surface area contributed by atoms with Crippen molar-refractivity contribution in [3.05, 3.63) is 36.4 Å². The Kier molecular flexibility index (Phi) is 6.41. The van der Waals surface area contributed by atoms with E-state index < -0.39 is 47.6 Å². The number of hydrogen-bond donors (Lipinski definition) is 5. The summed E-state index contributed by atoms with van der Waals surface area (Å²) in [5, 5.41) is 2.68. The van der Waals surface area contributed by atoms with E-state index in [1.165, 1.54) is 24.3 Å². The molecule has 0 spiro atoms. The second-order valence-corrected chi connectivity index (χ2v) is 10.2. The molecule has 15 heteroatoms. The summed E-state index contributed by atoms with van der Waals surface area (Å²) in [5.41, 5.74) is 11.1. The lowest BCUT2D eigenvalue weighted by molar-refractivity contribution is 0.284. The second-order valence-electron chi connectivity index (χ2n) is 5.68. The second kappa shape index (κ2) is 8.13. The van der Waals surface area contributed by atoms with Gasteiger partial charge in [0.1, 0.15) is 4.90 Å². The third-order valence-corrected chi connectivity index (χ3v) is 6.58. The monoisotopic (exact) mass is 467 g/mol. The zero-order chi connectivity index (χ0) is 22.0. The molecule has 0 unspecified atom stereocenters. The minimum atomic E-state index is -4.82. The molecular formula is C14H17N3O9S3. The summed E-state index contributed by atoms with van der Waals surface area (Å²) >= 11 is 0. The molecular weight excluding hydrogens is 450 g/mol. The fourth-order valence-electron chi connectivity index (χ4n) is 2.25. The van der Waals surface area contributed by atoms with Gasteiger partial charge in [0.2, 0.25) is 0 Å². The molecule has 0 aromatic heterocycles. The van der Waals surface area contributed by atoms with Crippen molar-refractivity contribution in [3.63, 3.8) is 0 Å². The van der Waals surface area contributed by atoms with Crippen LogP contribution in [0.3, 0.4) is 0 Å². The number of rotatable bonds is 8. The van der Waals surface area contributed by atoms with Gasteiger partial charge in [0.05, 0.1) is 28.6 Å². The van der Waals surface area contributed by atoms with Gasteiger partial charge in [0.25, 0.3) is 10.1 Å². The van der Waals surface area contributed by atoms with Crippen LogP contribution in [0, 0.1) is 0 Å². The molecule has 2 aromatic carbocycles. The maximum Gasteiger partial charge on any atom is 0.397 e. The van der Waals surface area contributed by atoms with E-state index in [1.54, 1.807) is 0 Å². The zero-order valence-electron chi connectivity index (χ0n) is 14.5. The standard InChI is InChI=1S/C14H17N3O9S3/c15-9-1-4-12(14(7-9)27(18,19)6-5-26-29(23,24)25)17-10-2-3-11(16)13(8-10)28(20,21)22/h1-4,7-8,17H,5-6,15-16H2,(H,20,21,22)(H,23,24,25). The lowest BCUT2D eigenvalue weighted by Gasteiger charge is -2.14. The lowest BCUT2D eigenvalue weighted by atomic mass is 10.2. The van der Waals surface area contributed by atoms with Crippen molar-refractivity contribution in [3.8, 4) is 0 Å². The Morgan fingerprint density at radius 1 is 0.897 bits per heavy atom. The molecule has 0 radical (unpaired) electrons. The Balaban J connectivity index is 2.41. The highest BCUT2D eigenvalue weighted by molar-refractivity contribution is 7.91. The molecule has 0 aliphatic rings. The predicted octanol–water partition coefficient (Wildman–Crippen LogP) is 0.434. The van der Waals surface area contributed by atoms with Crippen molar-refractivity contribution in [2.75, 3.05) is 29.1 Å². The minimum Gasteiger partial charge on any atom is -0.399 e. The highest BCUT2D eigenvalue weighted by Crippen LogP contribution is 2.30. The summed E-state index contributed by atoms with van der Waals surface area (Å²) in [6.07, 6.45) is 0. The molecule has 0 saturated carbocycles. The number of nitrogens with one attached hydrogen (secondary N) is 1. The minimum absolute atomic E-state index is 0.0166. The fourth-order valence-corrected chi connectivity index (χ4v) is 4.58. The largest absolute Gasteiger partial charge is 0.399 e. The first-order valence-electron chi connectivity index (χ1n) is 7.57. The molecule has 0 bridgehead atoms. The van der Waals surface area contributed by atoms with E-state index >= 15 is 0 Å². The first-order valence-corrected chi connectivity index (χ1v) is 12.0. The SMILES string of the molecule is Nc1ccc(Nc2ccc(N)c(S(=O)(=O)O)c2)c(S(=O)(=O)CCOS(=O)(=O)O)c1. The highest BCUT2D eigenvalue weighted by atomic mass is 32.3. The lowest BCUT2D eigenvalue weighted by Crippen LogP contribution is -2.16. The molecule has 0 amide bonds. The van der Waals surface area contributed by atoms with Gasteiger partial charge in [-0.2, -0.15) is 16.8 Å². The van der Waals surface area contributed by atoms with Crippen LogP contribution in [-0.4, -0.2) is 46.7 Å². The molecule has 0 atom stereocenters. The average Bonchev–Trinajstić information content (AvgIpc) is 2.55. The van der Waals surface area contributed by atoms with E-state index in [9.17, 15) is 29.8 Å². The summed E-state index contributed by atoms with van der Waals surface area (Å²) in [6, 6.07) is 7.31. The van der Waals surface area contributed by atoms with Crippen LogP contribution >= 0.6 is 0 Å². The van der Waals surface area contributed by atoms with Crippen LogP contribution in [0.25, 0.3) is 0 Å². The van der Waals surface area contributed by atoms with Crippen LogP contribution in [0.5, 0.6) is 0 Å². The Morgan fingerprint density at radius 2 is 1.55 bits per heavy atom. The number of hydrogen-bond acceptors (Lipinski definition) is 10. The van der Waals surface area contributed by atoms with Crippen LogP contribution in [0.15, 0.2) is 46.2 Å². The summed E-state index contributed by atoms with van der Waals surface area (Å²) < 4.78 is 90.8. The summed E-state index contributed by atoms with van der Waals surface area (Å²) in [6.45, 7) is -0.843. The van der Waals surface area contributed by atoms with Gasteiger partial charge < -0.3 is 16.8 Å². The third kappa shape index (κ3) is 6.28. The van der Waals surface area contributed by atoms with E-state index in [-0.39, 0.29) is 27.6 Å². The quantitative estimate of drug-likeness (QED) is 0.264. The molecule has 0 fully saturated rings. The van der Waals surface area contributed by atoms with Crippen molar-refractivity contribution >= 4 is 53.1 Å². The normalized spacial score (nSPS) is 12.6. The number of nitrogen functional groups attached to an aromatic ring is 2. The van der Waals surface area contributed by atoms with Crippen LogP contribution in [0.1, 0.15) is 0 Å². The van der Waals surface area contributed by atoms with Crippen LogP contribution in [0.2, 0.25) is 0 Å². The molecule has 29 heavy (non-hydrogen) atoms. The summed E-state index contributed by atoms with van der Waals surface area (Å²) in [5.74, 6) is -0.803. The number of benzene rings is 2. The van der Waals surface area contributed by atoms with Crippen LogP contribution in [0.4, 0.5) is 22.7 Å².